The SMILES string of the molecule is COc1ccc(CNCC(C)(C)C(C)C)c(O)c1. The zero-order chi connectivity index (χ0) is 13.8. The Morgan fingerprint density at radius 3 is 2.50 bits per heavy atom. The highest BCUT2D eigenvalue weighted by atomic mass is 16.5. The number of phenolic OH excluding ortho intramolecular Hbond substituents is 1. The van der Waals surface area contributed by atoms with Crippen LogP contribution in [-0.4, -0.2) is 18.8 Å². The molecule has 0 saturated heterocycles. The number of hydrogen-bond donors (Lipinski definition) is 2. The topological polar surface area (TPSA) is 41.5 Å². The van der Waals surface area contributed by atoms with Gasteiger partial charge in [-0.3, -0.25) is 0 Å². The highest BCUT2D eigenvalue weighted by Gasteiger charge is 2.21. The minimum atomic E-state index is 0.252. The molecule has 0 atom stereocenters. The lowest BCUT2D eigenvalue weighted by Crippen LogP contribution is -2.33. The van der Waals surface area contributed by atoms with Crippen molar-refractivity contribution in [3.8, 4) is 11.5 Å². The molecule has 0 unspecified atom stereocenters. The molecule has 0 aliphatic heterocycles. The molecule has 0 spiro atoms. The summed E-state index contributed by atoms with van der Waals surface area (Å²) in [5.74, 6) is 1.58. The Kier molecular flexibility index (Phi) is 5.03. The average molecular weight is 251 g/mol. The summed E-state index contributed by atoms with van der Waals surface area (Å²) < 4.78 is 5.06. The van der Waals surface area contributed by atoms with E-state index in [4.69, 9.17) is 4.74 Å². The van der Waals surface area contributed by atoms with E-state index in [9.17, 15) is 5.11 Å². The van der Waals surface area contributed by atoms with Crippen molar-refractivity contribution in [1.82, 2.24) is 5.32 Å². The number of benzene rings is 1. The summed E-state index contributed by atoms with van der Waals surface area (Å²) in [6.07, 6.45) is 0. The lowest BCUT2D eigenvalue weighted by atomic mass is 9.81. The van der Waals surface area contributed by atoms with Crippen LogP contribution >= 0.6 is 0 Å². The van der Waals surface area contributed by atoms with Gasteiger partial charge in [0, 0.05) is 24.7 Å². The third-order valence-electron chi connectivity index (χ3n) is 3.75. The highest BCUT2D eigenvalue weighted by Crippen LogP contribution is 2.26. The Morgan fingerprint density at radius 2 is 2.00 bits per heavy atom. The van der Waals surface area contributed by atoms with Gasteiger partial charge in [-0.25, -0.2) is 0 Å². The first-order chi connectivity index (χ1) is 8.36. The molecule has 2 N–H and O–H groups in total. The lowest BCUT2D eigenvalue weighted by molar-refractivity contribution is 0.237. The molecule has 0 aliphatic rings. The number of methoxy groups -OCH3 is 1. The molecule has 0 radical (unpaired) electrons. The third-order valence-corrected chi connectivity index (χ3v) is 3.75. The molecule has 0 aliphatic carbocycles. The predicted octanol–water partition coefficient (Wildman–Crippen LogP) is 3.17. The molecule has 1 rings (SSSR count). The largest absolute Gasteiger partial charge is 0.507 e. The van der Waals surface area contributed by atoms with E-state index in [1.54, 1.807) is 13.2 Å². The van der Waals surface area contributed by atoms with Gasteiger partial charge in [0.15, 0.2) is 0 Å². The van der Waals surface area contributed by atoms with Crippen LogP contribution in [0.15, 0.2) is 18.2 Å². The number of aromatic hydroxyl groups is 1. The van der Waals surface area contributed by atoms with Gasteiger partial charge in [0.2, 0.25) is 0 Å². The summed E-state index contributed by atoms with van der Waals surface area (Å²) in [7, 11) is 1.60. The zero-order valence-corrected chi connectivity index (χ0v) is 12.1. The van der Waals surface area contributed by atoms with Gasteiger partial charge >= 0.3 is 0 Å². The predicted molar refractivity (Wildman–Crippen MR) is 75.0 cm³/mol. The molecule has 0 fully saturated rings. The smallest absolute Gasteiger partial charge is 0.123 e. The number of rotatable bonds is 6. The van der Waals surface area contributed by atoms with Crippen molar-refractivity contribution >= 4 is 0 Å². The van der Waals surface area contributed by atoms with Crippen molar-refractivity contribution in [2.75, 3.05) is 13.7 Å². The fraction of sp³-hybridized carbons (Fsp3) is 0.600. The molecule has 0 amide bonds. The monoisotopic (exact) mass is 251 g/mol. The van der Waals surface area contributed by atoms with Crippen LogP contribution in [0.1, 0.15) is 33.3 Å². The van der Waals surface area contributed by atoms with Crippen LogP contribution in [0.5, 0.6) is 11.5 Å². The van der Waals surface area contributed by atoms with E-state index < -0.39 is 0 Å². The molecule has 0 bridgehead atoms. The van der Waals surface area contributed by atoms with Crippen molar-refractivity contribution in [3.63, 3.8) is 0 Å². The molecule has 0 heterocycles. The number of hydrogen-bond acceptors (Lipinski definition) is 3. The molecule has 1 aromatic carbocycles. The molecule has 1 aromatic rings. The van der Waals surface area contributed by atoms with Crippen LogP contribution in [0.25, 0.3) is 0 Å². The number of nitrogens with one attached hydrogen (secondary N) is 1. The Hall–Kier alpha value is -1.22. The van der Waals surface area contributed by atoms with Crippen LogP contribution in [-0.2, 0) is 6.54 Å². The summed E-state index contributed by atoms with van der Waals surface area (Å²) in [5, 5.41) is 13.2. The van der Waals surface area contributed by atoms with E-state index in [1.165, 1.54) is 0 Å². The highest BCUT2D eigenvalue weighted by molar-refractivity contribution is 5.39. The van der Waals surface area contributed by atoms with Gasteiger partial charge < -0.3 is 15.2 Å². The molecule has 3 nitrogen and oxygen atoms in total. The van der Waals surface area contributed by atoms with Crippen molar-refractivity contribution in [2.45, 2.75) is 34.2 Å². The minimum absolute atomic E-state index is 0.252. The first-order valence-electron chi connectivity index (χ1n) is 6.43. The maximum atomic E-state index is 9.84. The first-order valence-corrected chi connectivity index (χ1v) is 6.43. The zero-order valence-electron chi connectivity index (χ0n) is 12.1. The average Bonchev–Trinajstić information content (AvgIpc) is 2.30. The van der Waals surface area contributed by atoms with Gasteiger partial charge in [-0.15, -0.1) is 0 Å². The van der Waals surface area contributed by atoms with Gasteiger partial charge in [0.25, 0.3) is 0 Å². The van der Waals surface area contributed by atoms with E-state index in [-0.39, 0.29) is 11.2 Å². The molecule has 0 saturated carbocycles. The van der Waals surface area contributed by atoms with E-state index >= 15 is 0 Å². The Balaban J connectivity index is 2.54. The van der Waals surface area contributed by atoms with Crippen LogP contribution in [0.4, 0.5) is 0 Å². The minimum Gasteiger partial charge on any atom is -0.507 e. The van der Waals surface area contributed by atoms with Crippen LogP contribution in [0, 0.1) is 11.3 Å². The van der Waals surface area contributed by atoms with E-state index in [2.05, 4.69) is 33.0 Å². The maximum Gasteiger partial charge on any atom is 0.123 e. The Bertz CT molecular complexity index is 386. The van der Waals surface area contributed by atoms with Crippen molar-refractivity contribution in [3.05, 3.63) is 23.8 Å². The van der Waals surface area contributed by atoms with Gasteiger partial charge in [-0.05, 0) is 17.4 Å². The molecule has 3 heteroatoms. The van der Waals surface area contributed by atoms with Gasteiger partial charge in [0.05, 0.1) is 7.11 Å². The van der Waals surface area contributed by atoms with E-state index in [0.717, 1.165) is 12.1 Å². The standard InChI is InChI=1S/C15H25NO2/c1-11(2)15(3,4)10-16-9-12-6-7-13(18-5)8-14(12)17/h6-8,11,16-17H,9-10H2,1-5H3. The normalized spacial score (nSPS) is 11.9. The van der Waals surface area contributed by atoms with Crippen LogP contribution in [0.3, 0.4) is 0 Å². The number of ether oxygens (including phenoxy) is 1. The quantitative estimate of drug-likeness (QED) is 0.816. The van der Waals surface area contributed by atoms with Crippen molar-refractivity contribution in [1.29, 1.82) is 0 Å². The van der Waals surface area contributed by atoms with Gasteiger partial charge in [-0.1, -0.05) is 33.8 Å². The Morgan fingerprint density at radius 1 is 1.33 bits per heavy atom. The van der Waals surface area contributed by atoms with E-state index in [1.807, 2.05) is 12.1 Å². The van der Waals surface area contributed by atoms with Crippen LogP contribution < -0.4 is 10.1 Å². The second-order valence-electron chi connectivity index (χ2n) is 5.74. The summed E-state index contributed by atoms with van der Waals surface area (Å²) in [6.45, 7) is 10.6. The molecule has 102 valence electrons. The summed E-state index contributed by atoms with van der Waals surface area (Å²) in [6, 6.07) is 5.40. The first kappa shape index (κ1) is 14.8. The Labute approximate surface area is 110 Å². The molecular weight excluding hydrogens is 226 g/mol. The second kappa shape index (κ2) is 6.10. The lowest BCUT2D eigenvalue weighted by Gasteiger charge is -2.29. The summed E-state index contributed by atoms with van der Waals surface area (Å²) in [5.41, 5.74) is 1.15. The molecular formula is C15H25NO2. The summed E-state index contributed by atoms with van der Waals surface area (Å²) >= 11 is 0. The van der Waals surface area contributed by atoms with Crippen molar-refractivity contribution in [2.24, 2.45) is 11.3 Å². The third kappa shape index (κ3) is 3.91. The van der Waals surface area contributed by atoms with Gasteiger partial charge in [-0.2, -0.15) is 0 Å². The van der Waals surface area contributed by atoms with E-state index in [0.29, 0.717) is 18.2 Å². The fourth-order valence-corrected chi connectivity index (χ4v) is 1.54. The second-order valence-corrected chi connectivity index (χ2v) is 5.74. The van der Waals surface area contributed by atoms with Gasteiger partial charge in [0.1, 0.15) is 11.5 Å². The maximum absolute atomic E-state index is 9.84. The molecule has 18 heavy (non-hydrogen) atoms. The van der Waals surface area contributed by atoms with Crippen LogP contribution in [0.2, 0.25) is 0 Å². The number of phenols is 1. The summed E-state index contributed by atoms with van der Waals surface area (Å²) in [4.78, 5) is 0. The van der Waals surface area contributed by atoms with Crippen molar-refractivity contribution < 1.29 is 9.84 Å². The fourth-order valence-electron chi connectivity index (χ4n) is 1.54. The molecule has 0 aromatic heterocycles.